The first-order chi connectivity index (χ1) is 12.0. The molecule has 0 saturated carbocycles. The van der Waals surface area contributed by atoms with Gasteiger partial charge in [-0.3, -0.25) is 0 Å². The summed E-state index contributed by atoms with van der Waals surface area (Å²) in [5, 5.41) is 15.6. The number of para-hydroxylation sites is 1. The molecular weight excluding hydrogens is 320 g/mol. The van der Waals surface area contributed by atoms with Crippen LogP contribution in [-0.4, -0.2) is 24.8 Å². The SMILES string of the molecule is COc1ccccc1C(CC(C)C)NC(=O)NCC(O)c1ccco1. The second-order valence-corrected chi connectivity index (χ2v) is 6.31. The lowest BCUT2D eigenvalue weighted by atomic mass is 9.96. The first-order valence-corrected chi connectivity index (χ1v) is 8.40. The Bertz CT molecular complexity index is 655. The van der Waals surface area contributed by atoms with E-state index in [1.807, 2.05) is 24.3 Å². The first kappa shape index (κ1) is 18.9. The van der Waals surface area contributed by atoms with Crippen LogP contribution in [0.5, 0.6) is 5.75 Å². The molecule has 1 aromatic carbocycles. The number of rotatable bonds is 8. The molecule has 0 spiro atoms. The van der Waals surface area contributed by atoms with Gasteiger partial charge in [0.1, 0.15) is 17.6 Å². The number of furan rings is 1. The number of benzene rings is 1. The van der Waals surface area contributed by atoms with Gasteiger partial charge in [0.2, 0.25) is 0 Å². The van der Waals surface area contributed by atoms with E-state index in [0.717, 1.165) is 17.7 Å². The van der Waals surface area contributed by atoms with E-state index in [4.69, 9.17) is 9.15 Å². The van der Waals surface area contributed by atoms with E-state index in [0.29, 0.717) is 11.7 Å². The number of nitrogens with one attached hydrogen (secondary N) is 2. The Morgan fingerprint density at radius 3 is 2.64 bits per heavy atom. The molecule has 2 rings (SSSR count). The molecule has 2 aromatic rings. The number of ether oxygens (including phenoxy) is 1. The minimum Gasteiger partial charge on any atom is -0.496 e. The molecule has 0 radical (unpaired) electrons. The Balaban J connectivity index is 2.00. The standard InChI is InChI=1S/C19H26N2O4/c1-13(2)11-15(14-7-4-5-8-17(14)24-3)21-19(23)20-12-16(22)18-9-6-10-25-18/h4-10,13,15-16,22H,11-12H2,1-3H3,(H2,20,21,23). The summed E-state index contributed by atoms with van der Waals surface area (Å²) in [4.78, 5) is 12.3. The molecule has 1 heterocycles. The highest BCUT2D eigenvalue weighted by Crippen LogP contribution is 2.29. The number of urea groups is 1. The molecule has 2 unspecified atom stereocenters. The Hall–Kier alpha value is -2.47. The molecule has 2 amide bonds. The van der Waals surface area contributed by atoms with Gasteiger partial charge in [-0.25, -0.2) is 4.79 Å². The highest BCUT2D eigenvalue weighted by atomic mass is 16.5. The molecule has 0 aliphatic carbocycles. The van der Waals surface area contributed by atoms with Crippen LogP contribution in [0.15, 0.2) is 47.1 Å². The first-order valence-electron chi connectivity index (χ1n) is 8.40. The molecule has 0 fully saturated rings. The lowest BCUT2D eigenvalue weighted by Crippen LogP contribution is -2.40. The minimum absolute atomic E-state index is 0.0691. The van der Waals surface area contributed by atoms with Crippen LogP contribution in [0.25, 0.3) is 0 Å². The van der Waals surface area contributed by atoms with Crippen molar-refractivity contribution >= 4 is 6.03 Å². The molecule has 3 N–H and O–H groups in total. The lowest BCUT2D eigenvalue weighted by molar-refractivity contribution is 0.147. The topological polar surface area (TPSA) is 83.7 Å². The third kappa shape index (κ3) is 5.53. The van der Waals surface area contributed by atoms with Crippen molar-refractivity contribution < 1.29 is 19.1 Å². The number of carbonyl (C=O) groups excluding carboxylic acids is 1. The molecule has 2 atom stereocenters. The van der Waals surface area contributed by atoms with Crippen LogP contribution in [0.1, 0.15) is 43.7 Å². The number of aliphatic hydroxyl groups excluding tert-OH is 1. The van der Waals surface area contributed by atoms with E-state index in [2.05, 4.69) is 24.5 Å². The van der Waals surface area contributed by atoms with E-state index in [-0.39, 0.29) is 18.6 Å². The highest BCUT2D eigenvalue weighted by molar-refractivity contribution is 5.74. The minimum atomic E-state index is -0.879. The van der Waals surface area contributed by atoms with Crippen LogP contribution >= 0.6 is 0 Å². The monoisotopic (exact) mass is 346 g/mol. The molecule has 0 aliphatic heterocycles. The van der Waals surface area contributed by atoms with Crippen molar-refractivity contribution in [1.29, 1.82) is 0 Å². The van der Waals surface area contributed by atoms with E-state index < -0.39 is 6.10 Å². The van der Waals surface area contributed by atoms with Gasteiger partial charge in [-0.2, -0.15) is 0 Å². The summed E-state index contributed by atoms with van der Waals surface area (Å²) in [6.45, 7) is 4.27. The Labute approximate surface area is 148 Å². The number of methoxy groups -OCH3 is 1. The normalized spacial score (nSPS) is 13.3. The van der Waals surface area contributed by atoms with Crippen LogP contribution in [0.2, 0.25) is 0 Å². The van der Waals surface area contributed by atoms with Crippen molar-refractivity contribution in [3.05, 3.63) is 54.0 Å². The fourth-order valence-electron chi connectivity index (χ4n) is 2.67. The third-order valence-corrected chi connectivity index (χ3v) is 3.85. The molecule has 6 nitrogen and oxygen atoms in total. The van der Waals surface area contributed by atoms with Crippen molar-refractivity contribution in [2.75, 3.05) is 13.7 Å². The predicted molar refractivity (Wildman–Crippen MR) is 95.4 cm³/mol. The van der Waals surface area contributed by atoms with Gasteiger partial charge in [-0.05, 0) is 30.5 Å². The molecule has 0 aliphatic rings. The summed E-state index contributed by atoms with van der Waals surface area (Å²) in [7, 11) is 1.62. The van der Waals surface area contributed by atoms with Gasteiger partial charge in [0.05, 0.1) is 26.0 Å². The average molecular weight is 346 g/mol. The highest BCUT2D eigenvalue weighted by Gasteiger charge is 2.20. The third-order valence-electron chi connectivity index (χ3n) is 3.85. The van der Waals surface area contributed by atoms with Crippen LogP contribution in [-0.2, 0) is 0 Å². The van der Waals surface area contributed by atoms with E-state index in [9.17, 15) is 9.90 Å². The average Bonchev–Trinajstić information content (AvgIpc) is 3.13. The van der Waals surface area contributed by atoms with Gasteiger partial charge in [0.15, 0.2) is 0 Å². The number of hydrogen-bond donors (Lipinski definition) is 3. The van der Waals surface area contributed by atoms with Crippen molar-refractivity contribution in [2.45, 2.75) is 32.4 Å². The maximum atomic E-state index is 12.3. The number of aliphatic hydroxyl groups is 1. The summed E-state index contributed by atoms with van der Waals surface area (Å²) < 4.78 is 10.5. The van der Waals surface area contributed by atoms with E-state index in [1.54, 1.807) is 19.2 Å². The molecule has 25 heavy (non-hydrogen) atoms. The molecular formula is C19H26N2O4. The summed E-state index contributed by atoms with van der Waals surface area (Å²) in [5.41, 5.74) is 0.931. The van der Waals surface area contributed by atoms with Crippen molar-refractivity contribution in [3.8, 4) is 5.75 Å². The van der Waals surface area contributed by atoms with Crippen LogP contribution in [0.4, 0.5) is 4.79 Å². The number of hydrogen-bond acceptors (Lipinski definition) is 4. The summed E-state index contributed by atoms with van der Waals surface area (Å²) >= 11 is 0. The number of amides is 2. The smallest absolute Gasteiger partial charge is 0.315 e. The van der Waals surface area contributed by atoms with Gasteiger partial charge < -0.3 is 24.9 Å². The molecule has 0 bridgehead atoms. The van der Waals surface area contributed by atoms with Gasteiger partial charge >= 0.3 is 6.03 Å². The lowest BCUT2D eigenvalue weighted by Gasteiger charge is -2.23. The largest absolute Gasteiger partial charge is 0.496 e. The quantitative estimate of drug-likeness (QED) is 0.684. The Morgan fingerprint density at radius 2 is 2.00 bits per heavy atom. The van der Waals surface area contributed by atoms with Crippen molar-refractivity contribution in [2.24, 2.45) is 5.92 Å². The molecule has 0 saturated heterocycles. The van der Waals surface area contributed by atoms with E-state index >= 15 is 0 Å². The van der Waals surface area contributed by atoms with Gasteiger partial charge in [-0.1, -0.05) is 32.0 Å². The second-order valence-electron chi connectivity index (χ2n) is 6.31. The van der Waals surface area contributed by atoms with Crippen molar-refractivity contribution in [3.63, 3.8) is 0 Å². The summed E-state index contributed by atoms with van der Waals surface area (Å²) in [6.07, 6.45) is 1.38. The molecule has 136 valence electrons. The summed E-state index contributed by atoms with van der Waals surface area (Å²) in [6, 6.07) is 10.5. The van der Waals surface area contributed by atoms with Crippen LogP contribution in [0.3, 0.4) is 0 Å². The van der Waals surface area contributed by atoms with Crippen LogP contribution in [0, 0.1) is 5.92 Å². The zero-order valence-electron chi connectivity index (χ0n) is 14.9. The maximum absolute atomic E-state index is 12.3. The zero-order chi connectivity index (χ0) is 18.2. The predicted octanol–water partition coefficient (Wildman–Crippen LogP) is 3.41. The summed E-state index contributed by atoms with van der Waals surface area (Å²) in [5.74, 6) is 1.55. The second kappa shape index (κ2) is 9.13. The fraction of sp³-hybridized carbons (Fsp3) is 0.421. The zero-order valence-corrected chi connectivity index (χ0v) is 14.9. The maximum Gasteiger partial charge on any atom is 0.315 e. The Morgan fingerprint density at radius 1 is 1.24 bits per heavy atom. The number of carbonyl (C=O) groups is 1. The van der Waals surface area contributed by atoms with Gasteiger partial charge in [0, 0.05) is 5.56 Å². The fourth-order valence-corrected chi connectivity index (χ4v) is 2.67. The Kier molecular flexibility index (Phi) is 6.89. The van der Waals surface area contributed by atoms with Gasteiger partial charge in [-0.15, -0.1) is 0 Å². The van der Waals surface area contributed by atoms with Gasteiger partial charge in [0.25, 0.3) is 0 Å². The van der Waals surface area contributed by atoms with Crippen molar-refractivity contribution in [1.82, 2.24) is 10.6 Å². The van der Waals surface area contributed by atoms with E-state index in [1.165, 1.54) is 6.26 Å². The molecule has 1 aromatic heterocycles. The molecule has 6 heteroatoms. The van der Waals surface area contributed by atoms with Crippen LogP contribution < -0.4 is 15.4 Å².